The van der Waals surface area contributed by atoms with Crippen molar-refractivity contribution in [2.45, 2.75) is 38.3 Å². The molecule has 0 aromatic carbocycles. The van der Waals surface area contributed by atoms with Crippen LogP contribution in [0.15, 0.2) is 12.1 Å². The molecule has 3 rings (SSSR count). The minimum Gasteiger partial charge on any atom is -0.354 e. The molecule has 0 amide bonds. The summed E-state index contributed by atoms with van der Waals surface area (Å²) in [6.07, 6.45) is 3.88. The molecule has 2 aliphatic heterocycles. The lowest BCUT2D eigenvalue weighted by Crippen LogP contribution is -2.35. The Balaban J connectivity index is 1.77. The minimum atomic E-state index is 0.649. The lowest BCUT2D eigenvalue weighted by molar-refractivity contribution is 0.563. The van der Waals surface area contributed by atoms with Crippen LogP contribution in [0.4, 0.5) is 5.82 Å². The van der Waals surface area contributed by atoms with Crippen molar-refractivity contribution in [1.82, 2.24) is 15.5 Å². The molecule has 0 aliphatic carbocycles. The van der Waals surface area contributed by atoms with E-state index in [2.05, 4.69) is 26.5 Å². The third kappa shape index (κ3) is 1.89. The Morgan fingerprint density at radius 2 is 2.06 bits per heavy atom. The van der Waals surface area contributed by atoms with Gasteiger partial charge in [0.1, 0.15) is 0 Å². The molecule has 1 aromatic heterocycles. The standard InChI is InChI=1S/C12H18N4/c1-9-2-5-12(15-14-9)16-7-6-10-3-4-11(8-16)13-10/h2,5,10-11,13H,3-4,6-8H2,1H3. The van der Waals surface area contributed by atoms with Gasteiger partial charge >= 0.3 is 0 Å². The van der Waals surface area contributed by atoms with Crippen LogP contribution in [0, 0.1) is 6.92 Å². The van der Waals surface area contributed by atoms with Gasteiger partial charge in [-0.3, -0.25) is 0 Å². The summed E-state index contributed by atoms with van der Waals surface area (Å²) < 4.78 is 0. The number of fused-ring (bicyclic) bond motifs is 2. The number of hydrogen-bond acceptors (Lipinski definition) is 4. The lowest BCUT2D eigenvalue weighted by atomic mass is 10.1. The molecular formula is C12H18N4. The van der Waals surface area contributed by atoms with Gasteiger partial charge in [-0.1, -0.05) is 0 Å². The first-order valence-electron chi connectivity index (χ1n) is 6.12. The Labute approximate surface area is 96.1 Å². The van der Waals surface area contributed by atoms with Crippen LogP contribution in [0.3, 0.4) is 0 Å². The van der Waals surface area contributed by atoms with Gasteiger partial charge in [0, 0.05) is 25.2 Å². The highest BCUT2D eigenvalue weighted by Gasteiger charge is 2.29. The molecule has 0 radical (unpaired) electrons. The maximum absolute atomic E-state index is 4.28. The monoisotopic (exact) mass is 218 g/mol. The molecule has 3 heterocycles. The first kappa shape index (κ1) is 10.0. The van der Waals surface area contributed by atoms with Gasteiger partial charge < -0.3 is 10.2 Å². The van der Waals surface area contributed by atoms with E-state index in [4.69, 9.17) is 0 Å². The Bertz CT molecular complexity index is 362. The zero-order chi connectivity index (χ0) is 11.0. The molecule has 16 heavy (non-hydrogen) atoms. The molecule has 1 N–H and O–H groups in total. The number of nitrogens with zero attached hydrogens (tertiary/aromatic N) is 3. The molecule has 2 unspecified atom stereocenters. The molecule has 2 saturated heterocycles. The molecule has 0 spiro atoms. The van der Waals surface area contributed by atoms with Gasteiger partial charge in [-0.05, 0) is 38.3 Å². The van der Waals surface area contributed by atoms with Crippen molar-refractivity contribution in [3.8, 4) is 0 Å². The molecule has 1 aromatic rings. The molecule has 86 valence electrons. The van der Waals surface area contributed by atoms with Gasteiger partial charge in [0.15, 0.2) is 5.82 Å². The summed E-state index contributed by atoms with van der Waals surface area (Å²) in [5.74, 6) is 1.03. The minimum absolute atomic E-state index is 0.649. The third-order valence-corrected chi connectivity index (χ3v) is 3.63. The van der Waals surface area contributed by atoms with Crippen LogP contribution in [0.25, 0.3) is 0 Å². The second-order valence-electron chi connectivity index (χ2n) is 4.91. The van der Waals surface area contributed by atoms with E-state index in [-0.39, 0.29) is 0 Å². The largest absolute Gasteiger partial charge is 0.354 e. The fraction of sp³-hybridized carbons (Fsp3) is 0.667. The summed E-state index contributed by atoms with van der Waals surface area (Å²) >= 11 is 0. The van der Waals surface area contributed by atoms with Crippen molar-refractivity contribution in [1.29, 1.82) is 0 Å². The number of anilines is 1. The van der Waals surface area contributed by atoms with Gasteiger partial charge in [0.2, 0.25) is 0 Å². The highest BCUT2D eigenvalue weighted by Crippen LogP contribution is 2.23. The van der Waals surface area contributed by atoms with Crippen molar-refractivity contribution in [2.75, 3.05) is 18.0 Å². The van der Waals surface area contributed by atoms with Crippen LogP contribution in [0.5, 0.6) is 0 Å². The van der Waals surface area contributed by atoms with Crippen molar-refractivity contribution in [3.05, 3.63) is 17.8 Å². The fourth-order valence-electron chi connectivity index (χ4n) is 2.71. The van der Waals surface area contributed by atoms with Crippen LogP contribution < -0.4 is 10.2 Å². The van der Waals surface area contributed by atoms with E-state index in [1.807, 2.05) is 13.0 Å². The van der Waals surface area contributed by atoms with E-state index in [1.165, 1.54) is 19.3 Å². The quantitative estimate of drug-likeness (QED) is 0.767. The van der Waals surface area contributed by atoms with E-state index >= 15 is 0 Å². The van der Waals surface area contributed by atoms with Crippen molar-refractivity contribution in [3.63, 3.8) is 0 Å². The van der Waals surface area contributed by atoms with Gasteiger partial charge in [-0.15, -0.1) is 5.10 Å². The molecular weight excluding hydrogens is 200 g/mol. The van der Waals surface area contributed by atoms with Crippen LogP contribution >= 0.6 is 0 Å². The van der Waals surface area contributed by atoms with Crippen LogP contribution in [0.2, 0.25) is 0 Å². The summed E-state index contributed by atoms with van der Waals surface area (Å²) in [6, 6.07) is 5.50. The van der Waals surface area contributed by atoms with Crippen LogP contribution in [-0.2, 0) is 0 Å². The predicted molar refractivity (Wildman–Crippen MR) is 63.5 cm³/mol. The normalized spacial score (nSPS) is 29.2. The Morgan fingerprint density at radius 3 is 2.88 bits per heavy atom. The zero-order valence-electron chi connectivity index (χ0n) is 9.69. The molecule has 2 aliphatic rings. The Kier molecular flexibility index (Phi) is 2.52. The molecule has 2 atom stereocenters. The average molecular weight is 218 g/mol. The maximum Gasteiger partial charge on any atom is 0.151 e. The van der Waals surface area contributed by atoms with E-state index in [0.29, 0.717) is 6.04 Å². The summed E-state index contributed by atoms with van der Waals surface area (Å²) in [4.78, 5) is 2.36. The highest BCUT2D eigenvalue weighted by molar-refractivity contribution is 5.38. The van der Waals surface area contributed by atoms with Crippen molar-refractivity contribution < 1.29 is 0 Å². The Morgan fingerprint density at radius 1 is 1.19 bits per heavy atom. The topological polar surface area (TPSA) is 41.0 Å². The highest BCUT2D eigenvalue weighted by atomic mass is 15.3. The van der Waals surface area contributed by atoms with Gasteiger partial charge in [-0.25, -0.2) is 0 Å². The molecule has 2 bridgehead atoms. The third-order valence-electron chi connectivity index (χ3n) is 3.63. The summed E-state index contributed by atoms with van der Waals surface area (Å²) in [5.41, 5.74) is 0.984. The van der Waals surface area contributed by atoms with E-state index in [9.17, 15) is 0 Å². The van der Waals surface area contributed by atoms with Gasteiger partial charge in [-0.2, -0.15) is 5.10 Å². The first-order valence-corrected chi connectivity index (χ1v) is 6.12. The predicted octanol–water partition coefficient (Wildman–Crippen LogP) is 1.12. The fourth-order valence-corrected chi connectivity index (χ4v) is 2.71. The summed E-state index contributed by atoms with van der Waals surface area (Å²) in [6.45, 7) is 4.16. The Hall–Kier alpha value is -1.16. The zero-order valence-corrected chi connectivity index (χ0v) is 9.69. The summed E-state index contributed by atoms with van der Waals surface area (Å²) in [5, 5.41) is 12.1. The number of aryl methyl sites for hydroxylation is 1. The van der Waals surface area contributed by atoms with E-state index in [0.717, 1.165) is 30.6 Å². The molecule has 4 heteroatoms. The molecule has 0 saturated carbocycles. The number of rotatable bonds is 1. The first-order chi connectivity index (χ1) is 7.81. The smallest absolute Gasteiger partial charge is 0.151 e. The second kappa shape index (κ2) is 4.01. The average Bonchev–Trinajstić information content (AvgIpc) is 2.60. The lowest BCUT2D eigenvalue weighted by Gasteiger charge is -2.24. The van der Waals surface area contributed by atoms with Gasteiger partial charge in [0.05, 0.1) is 5.69 Å². The number of nitrogens with one attached hydrogen (secondary N) is 1. The number of aromatic nitrogens is 2. The van der Waals surface area contributed by atoms with Crippen molar-refractivity contribution in [2.24, 2.45) is 0 Å². The second-order valence-corrected chi connectivity index (χ2v) is 4.91. The molecule has 2 fully saturated rings. The molecule has 4 nitrogen and oxygen atoms in total. The van der Waals surface area contributed by atoms with Crippen LogP contribution in [-0.4, -0.2) is 35.4 Å². The maximum atomic E-state index is 4.28. The van der Waals surface area contributed by atoms with E-state index in [1.54, 1.807) is 0 Å². The van der Waals surface area contributed by atoms with Crippen molar-refractivity contribution >= 4 is 5.82 Å². The van der Waals surface area contributed by atoms with Gasteiger partial charge in [0.25, 0.3) is 0 Å². The van der Waals surface area contributed by atoms with E-state index < -0.39 is 0 Å². The van der Waals surface area contributed by atoms with Crippen LogP contribution in [0.1, 0.15) is 25.0 Å². The number of hydrogen-bond donors (Lipinski definition) is 1. The summed E-state index contributed by atoms with van der Waals surface area (Å²) in [7, 11) is 0. The SMILES string of the molecule is Cc1ccc(N2CCC3CCC(C2)N3)nn1.